The van der Waals surface area contributed by atoms with Crippen LogP contribution in [0.25, 0.3) is 10.8 Å². The lowest BCUT2D eigenvalue weighted by molar-refractivity contribution is 0.0600. The van der Waals surface area contributed by atoms with Gasteiger partial charge in [0.1, 0.15) is 10.8 Å². The van der Waals surface area contributed by atoms with E-state index in [4.69, 9.17) is 9.47 Å². The molecule has 0 bridgehead atoms. The molecule has 1 aromatic heterocycles. The number of anilines is 1. The summed E-state index contributed by atoms with van der Waals surface area (Å²) < 4.78 is 10.9. The van der Waals surface area contributed by atoms with E-state index in [9.17, 15) is 9.59 Å². The van der Waals surface area contributed by atoms with Crippen molar-refractivity contribution in [1.82, 2.24) is 4.90 Å². The highest BCUT2D eigenvalue weighted by atomic mass is 32.1. The van der Waals surface area contributed by atoms with Crippen molar-refractivity contribution in [2.24, 2.45) is 0 Å². The van der Waals surface area contributed by atoms with Gasteiger partial charge in [-0.1, -0.05) is 60.7 Å². The molecule has 1 N–H and O–H groups in total. The molecule has 1 aliphatic rings. The van der Waals surface area contributed by atoms with Crippen LogP contribution < -0.4 is 10.1 Å². The van der Waals surface area contributed by atoms with Crippen LogP contribution in [-0.2, 0) is 24.2 Å². The number of amides is 1. The van der Waals surface area contributed by atoms with E-state index < -0.39 is 5.97 Å². The summed E-state index contributed by atoms with van der Waals surface area (Å²) in [4.78, 5) is 29.9. The molecule has 1 amide bonds. The first-order valence-electron chi connectivity index (χ1n) is 12.0. The van der Waals surface area contributed by atoms with Gasteiger partial charge in [0, 0.05) is 24.5 Å². The lowest BCUT2D eigenvalue weighted by atomic mass is 10.0. The van der Waals surface area contributed by atoms with E-state index in [0.29, 0.717) is 35.0 Å². The summed E-state index contributed by atoms with van der Waals surface area (Å²) in [6.45, 7) is 4.71. The molecule has 4 aromatic rings. The number of nitrogens with zero attached hydrogens (tertiary/aromatic N) is 1. The van der Waals surface area contributed by atoms with Crippen molar-refractivity contribution in [2.75, 3.05) is 25.6 Å². The van der Waals surface area contributed by atoms with Crippen LogP contribution in [0.15, 0.2) is 66.7 Å². The minimum absolute atomic E-state index is 0.305. The number of carbonyl (C=O) groups excluding carboxylic acids is 2. The van der Waals surface area contributed by atoms with Crippen LogP contribution in [0.3, 0.4) is 0 Å². The third-order valence-corrected chi connectivity index (χ3v) is 7.55. The average Bonchev–Trinajstić information content (AvgIpc) is 3.25. The maximum absolute atomic E-state index is 13.7. The number of fused-ring (bicyclic) bond motifs is 2. The van der Waals surface area contributed by atoms with Crippen molar-refractivity contribution in [3.8, 4) is 5.75 Å². The average molecular weight is 501 g/mol. The fourth-order valence-corrected chi connectivity index (χ4v) is 6.04. The second-order valence-electron chi connectivity index (χ2n) is 8.69. The molecule has 3 aromatic carbocycles. The molecule has 0 atom stereocenters. The SMILES string of the molecule is CCOc1ccc2ccccc2c1C(=O)Nc1sc2c(c1C(=O)OC)CCN(Cc1ccccc1)C2. The summed E-state index contributed by atoms with van der Waals surface area (Å²) in [5.74, 6) is -0.217. The summed E-state index contributed by atoms with van der Waals surface area (Å²) in [6.07, 6.45) is 0.720. The van der Waals surface area contributed by atoms with Gasteiger partial charge in [-0.15, -0.1) is 11.3 Å². The molecule has 36 heavy (non-hydrogen) atoms. The molecule has 0 saturated carbocycles. The van der Waals surface area contributed by atoms with E-state index in [1.807, 2.05) is 61.5 Å². The summed E-state index contributed by atoms with van der Waals surface area (Å²) in [7, 11) is 1.38. The van der Waals surface area contributed by atoms with Crippen LogP contribution in [0.2, 0.25) is 0 Å². The quantitative estimate of drug-likeness (QED) is 0.320. The molecular formula is C29H28N2O4S. The number of benzene rings is 3. The first-order valence-corrected chi connectivity index (χ1v) is 12.9. The van der Waals surface area contributed by atoms with Crippen LogP contribution in [0.4, 0.5) is 5.00 Å². The normalized spacial score (nSPS) is 13.3. The Kier molecular flexibility index (Phi) is 7.02. The Morgan fingerprint density at radius 2 is 1.78 bits per heavy atom. The van der Waals surface area contributed by atoms with Crippen LogP contribution in [0, 0.1) is 0 Å². The van der Waals surface area contributed by atoms with E-state index in [0.717, 1.165) is 40.7 Å². The molecule has 0 fully saturated rings. The molecule has 0 unspecified atom stereocenters. The van der Waals surface area contributed by atoms with E-state index in [1.165, 1.54) is 24.0 Å². The van der Waals surface area contributed by atoms with Crippen molar-refractivity contribution in [1.29, 1.82) is 0 Å². The summed E-state index contributed by atoms with van der Waals surface area (Å²) in [6, 6.07) is 21.8. The highest BCUT2D eigenvalue weighted by Crippen LogP contribution is 2.39. The van der Waals surface area contributed by atoms with Crippen molar-refractivity contribution >= 4 is 39.0 Å². The largest absolute Gasteiger partial charge is 0.493 e. The Morgan fingerprint density at radius 3 is 2.56 bits per heavy atom. The third kappa shape index (κ3) is 4.72. The predicted octanol–water partition coefficient (Wildman–Crippen LogP) is 5.90. The highest BCUT2D eigenvalue weighted by Gasteiger charge is 2.30. The van der Waals surface area contributed by atoms with Gasteiger partial charge in [-0.3, -0.25) is 9.69 Å². The van der Waals surface area contributed by atoms with Gasteiger partial charge in [0.25, 0.3) is 5.91 Å². The topological polar surface area (TPSA) is 67.9 Å². The zero-order valence-electron chi connectivity index (χ0n) is 20.4. The Labute approximate surface area is 214 Å². The summed E-state index contributed by atoms with van der Waals surface area (Å²) in [5, 5.41) is 5.30. The van der Waals surface area contributed by atoms with Gasteiger partial charge in [-0.2, -0.15) is 0 Å². The first kappa shape index (κ1) is 24.0. The fraction of sp³-hybridized carbons (Fsp3) is 0.241. The molecule has 5 rings (SSSR count). The molecule has 7 heteroatoms. The molecule has 0 aliphatic carbocycles. The van der Waals surface area contributed by atoms with E-state index in [-0.39, 0.29) is 5.91 Å². The number of thiophene rings is 1. The monoisotopic (exact) mass is 500 g/mol. The Bertz CT molecular complexity index is 1410. The number of ether oxygens (including phenoxy) is 2. The van der Waals surface area contributed by atoms with Crippen molar-refractivity contribution in [3.63, 3.8) is 0 Å². The summed E-state index contributed by atoms with van der Waals surface area (Å²) >= 11 is 1.45. The van der Waals surface area contributed by atoms with Gasteiger partial charge in [0.05, 0.1) is 24.8 Å². The van der Waals surface area contributed by atoms with Crippen LogP contribution in [0.5, 0.6) is 5.75 Å². The minimum atomic E-state index is -0.428. The number of hydrogen-bond acceptors (Lipinski definition) is 6. The molecule has 184 valence electrons. The zero-order chi connectivity index (χ0) is 25.1. The van der Waals surface area contributed by atoms with E-state index in [1.54, 1.807) is 0 Å². The predicted molar refractivity (Wildman–Crippen MR) is 143 cm³/mol. The second kappa shape index (κ2) is 10.5. The number of methoxy groups -OCH3 is 1. The van der Waals surface area contributed by atoms with Crippen molar-refractivity contribution in [2.45, 2.75) is 26.4 Å². The Morgan fingerprint density at radius 1 is 1.00 bits per heavy atom. The summed E-state index contributed by atoms with van der Waals surface area (Å²) in [5.41, 5.74) is 3.14. The van der Waals surface area contributed by atoms with Gasteiger partial charge in [0.15, 0.2) is 0 Å². The van der Waals surface area contributed by atoms with Gasteiger partial charge >= 0.3 is 5.97 Å². The lowest BCUT2D eigenvalue weighted by Crippen LogP contribution is -2.29. The molecule has 0 spiro atoms. The molecular weight excluding hydrogens is 472 g/mol. The number of hydrogen-bond donors (Lipinski definition) is 1. The standard InChI is InChI=1S/C29H28N2O4S/c1-3-35-23-14-13-20-11-7-8-12-21(20)25(23)27(32)30-28-26(29(33)34-2)22-15-16-31(18-24(22)36-28)17-19-9-5-4-6-10-19/h4-14H,3,15-18H2,1-2H3,(H,30,32). The van der Waals surface area contributed by atoms with Crippen molar-refractivity contribution in [3.05, 3.63) is 93.9 Å². The second-order valence-corrected chi connectivity index (χ2v) is 9.80. The third-order valence-electron chi connectivity index (χ3n) is 6.42. The van der Waals surface area contributed by atoms with Crippen molar-refractivity contribution < 1.29 is 19.1 Å². The van der Waals surface area contributed by atoms with Crippen LogP contribution in [0.1, 0.15) is 43.6 Å². The molecule has 2 heterocycles. The fourth-order valence-electron chi connectivity index (χ4n) is 4.77. The smallest absolute Gasteiger partial charge is 0.341 e. The zero-order valence-corrected chi connectivity index (χ0v) is 21.2. The van der Waals surface area contributed by atoms with Gasteiger partial charge in [-0.25, -0.2) is 4.79 Å². The van der Waals surface area contributed by atoms with E-state index in [2.05, 4.69) is 22.3 Å². The molecule has 0 saturated heterocycles. The van der Waals surface area contributed by atoms with Crippen LogP contribution in [-0.4, -0.2) is 37.0 Å². The number of carbonyl (C=O) groups is 2. The molecule has 0 radical (unpaired) electrons. The maximum Gasteiger partial charge on any atom is 0.341 e. The minimum Gasteiger partial charge on any atom is -0.493 e. The highest BCUT2D eigenvalue weighted by molar-refractivity contribution is 7.17. The molecule has 1 aliphatic heterocycles. The number of nitrogens with one attached hydrogen (secondary N) is 1. The van der Waals surface area contributed by atoms with Gasteiger partial charge in [-0.05, 0) is 41.3 Å². The first-order chi connectivity index (χ1) is 17.6. The van der Waals surface area contributed by atoms with Gasteiger partial charge < -0.3 is 14.8 Å². The molecule has 6 nitrogen and oxygen atoms in total. The Hall–Kier alpha value is -3.68. The Balaban J connectivity index is 1.48. The maximum atomic E-state index is 13.7. The number of rotatable bonds is 7. The van der Waals surface area contributed by atoms with Crippen LogP contribution >= 0.6 is 11.3 Å². The van der Waals surface area contributed by atoms with E-state index >= 15 is 0 Å². The van der Waals surface area contributed by atoms with Gasteiger partial charge in [0.2, 0.25) is 0 Å². The lowest BCUT2D eigenvalue weighted by Gasteiger charge is -2.27. The number of esters is 1.